The van der Waals surface area contributed by atoms with E-state index in [1.807, 2.05) is 0 Å². The van der Waals surface area contributed by atoms with Crippen molar-refractivity contribution in [3.63, 3.8) is 0 Å². The molecule has 0 saturated carbocycles. The summed E-state index contributed by atoms with van der Waals surface area (Å²) in [6.07, 6.45) is 1.01. The van der Waals surface area contributed by atoms with Crippen molar-refractivity contribution >= 4 is 21.7 Å². The molecule has 0 aliphatic rings. The maximum atomic E-state index is 12.3. The van der Waals surface area contributed by atoms with E-state index >= 15 is 0 Å². The Morgan fingerprint density at radius 3 is 2.90 bits per heavy atom. The van der Waals surface area contributed by atoms with E-state index in [0.29, 0.717) is 4.47 Å². The lowest BCUT2D eigenvalue weighted by atomic mass is 10.4. The molecular weight excluding hydrogens is 199 g/mol. The van der Waals surface area contributed by atoms with Crippen LogP contribution >= 0.6 is 15.9 Å². The quantitative estimate of drug-likeness (QED) is 0.589. The fourth-order valence-corrected chi connectivity index (χ4v) is 0.899. The van der Waals surface area contributed by atoms with Gasteiger partial charge in [0.2, 0.25) is 0 Å². The van der Waals surface area contributed by atoms with Crippen molar-refractivity contribution in [1.82, 2.24) is 4.98 Å². The van der Waals surface area contributed by atoms with Gasteiger partial charge in [0.25, 0.3) is 5.82 Å². The lowest BCUT2D eigenvalue weighted by molar-refractivity contribution is 0.621. The smallest absolute Gasteiger partial charge is 0.284 e. The highest BCUT2D eigenvalue weighted by molar-refractivity contribution is 9.10. The molecule has 0 unspecified atom stereocenters. The van der Waals surface area contributed by atoms with Gasteiger partial charge in [-0.2, -0.15) is 0 Å². The summed E-state index contributed by atoms with van der Waals surface area (Å²) >= 11 is 2.99. The van der Waals surface area contributed by atoms with E-state index in [-0.39, 0.29) is 5.82 Å². The molecule has 1 heterocycles. The topological polar surface area (TPSA) is 17.2 Å². The lowest BCUT2D eigenvalue weighted by Crippen LogP contribution is -1.77. The number of halogens is 2. The summed E-state index contributed by atoms with van der Waals surface area (Å²) in [7, 11) is 0. The summed E-state index contributed by atoms with van der Waals surface area (Å²) in [5.74, 6) is -0.263. The molecule has 1 aromatic heterocycles. The molecule has 2 nitrogen and oxygen atoms in total. The Bertz CT molecular complexity index is 292. The number of aromatic nitrogens is 1. The number of nitrogens with zero attached hydrogens (tertiary/aromatic N) is 2. The van der Waals surface area contributed by atoms with E-state index in [1.54, 1.807) is 0 Å². The fraction of sp³-hybridized carbons (Fsp3) is 0. The highest BCUT2D eigenvalue weighted by atomic mass is 79.9. The van der Waals surface area contributed by atoms with E-state index in [9.17, 15) is 4.39 Å². The van der Waals surface area contributed by atoms with Crippen LogP contribution in [0.2, 0.25) is 0 Å². The first kappa shape index (κ1) is 7.16. The van der Waals surface area contributed by atoms with Crippen LogP contribution in [0.25, 0.3) is 4.85 Å². The molecule has 0 radical (unpaired) electrons. The van der Waals surface area contributed by atoms with Crippen molar-refractivity contribution in [1.29, 1.82) is 0 Å². The minimum Gasteiger partial charge on any atom is -0.360 e. The van der Waals surface area contributed by atoms with Crippen LogP contribution in [-0.4, -0.2) is 4.98 Å². The van der Waals surface area contributed by atoms with Gasteiger partial charge in [-0.3, -0.25) is 0 Å². The molecule has 50 valence electrons. The Labute approximate surface area is 65.7 Å². The van der Waals surface area contributed by atoms with Gasteiger partial charge in [0, 0.05) is 4.47 Å². The Hall–Kier alpha value is -0.950. The van der Waals surface area contributed by atoms with E-state index in [0.717, 1.165) is 6.20 Å². The first-order valence-electron chi connectivity index (χ1n) is 2.42. The van der Waals surface area contributed by atoms with Crippen LogP contribution in [0.15, 0.2) is 16.7 Å². The third-order valence-corrected chi connectivity index (χ3v) is 1.48. The van der Waals surface area contributed by atoms with Gasteiger partial charge in [0.05, 0.1) is 0 Å². The van der Waals surface area contributed by atoms with Crippen LogP contribution in [0.3, 0.4) is 0 Å². The van der Waals surface area contributed by atoms with Crippen LogP contribution in [-0.2, 0) is 0 Å². The van der Waals surface area contributed by atoms with Crippen molar-refractivity contribution in [2.24, 2.45) is 0 Å². The van der Waals surface area contributed by atoms with Crippen molar-refractivity contribution in [2.75, 3.05) is 0 Å². The molecule has 0 bridgehead atoms. The molecule has 0 aromatic carbocycles. The zero-order valence-corrected chi connectivity index (χ0v) is 6.39. The van der Waals surface area contributed by atoms with E-state index in [4.69, 9.17) is 6.57 Å². The van der Waals surface area contributed by atoms with Crippen LogP contribution in [0.5, 0.6) is 0 Å². The van der Waals surface area contributed by atoms with Gasteiger partial charge < -0.3 is 4.85 Å². The molecule has 0 saturated heterocycles. The van der Waals surface area contributed by atoms with Gasteiger partial charge in [0.1, 0.15) is 0 Å². The first-order chi connectivity index (χ1) is 4.74. The molecule has 1 aromatic rings. The zero-order chi connectivity index (χ0) is 7.56. The normalized spacial score (nSPS) is 8.90. The molecule has 0 aliphatic carbocycles. The maximum Gasteiger partial charge on any atom is 0.284 e. The summed E-state index contributed by atoms with van der Waals surface area (Å²) in [5.41, 5.74) is 0. The molecular formula is C6H2BrFN2. The van der Waals surface area contributed by atoms with E-state index in [2.05, 4.69) is 25.8 Å². The van der Waals surface area contributed by atoms with Crippen LogP contribution < -0.4 is 0 Å². The summed E-state index contributed by atoms with van der Waals surface area (Å²) < 4.78 is 12.7. The average molecular weight is 201 g/mol. The Balaban J connectivity index is 3.23. The lowest BCUT2D eigenvalue weighted by Gasteiger charge is -1.90. The Morgan fingerprint density at radius 2 is 2.40 bits per heavy atom. The van der Waals surface area contributed by atoms with E-state index in [1.165, 1.54) is 6.07 Å². The summed E-state index contributed by atoms with van der Waals surface area (Å²) in [4.78, 5) is 6.56. The predicted octanol–water partition coefficient (Wildman–Crippen LogP) is 2.53. The molecule has 0 aliphatic heterocycles. The van der Waals surface area contributed by atoms with Crippen molar-refractivity contribution < 1.29 is 4.39 Å². The molecule has 0 spiro atoms. The third kappa shape index (κ3) is 1.31. The maximum absolute atomic E-state index is 12.3. The SMILES string of the molecule is [C-]#[N+]c1ncc(F)cc1Br. The minimum absolute atomic E-state index is 0.182. The molecule has 10 heavy (non-hydrogen) atoms. The number of hydrogen-bond acceptors (Lipinski definition) is 1. The second-order valence-corrected chi connectivity index (χ2v) is 2.43. The number of hydrogen-bond donors (Lipinski definition) is 0. The van der Waals surface area contributed by atoms with Crippen molar-refractivity contribution in [2.45, 2.75) is 0 Å². The Kier molecular flexibility index (Phi) is 1.97. The first-order valence-corrected chi connectivity index (χ1v) is 3.22. The second kappa shape index (κ2) is 2.76. The van der Waals surface area contributed by atoms with Crippen LogP contribution in [0.1, 0.15) is 0 Å². The summed E-state index contributed by atoms with van der Waals surface area (Å²) in [5, 5.41) is 0. The number of pyridine rings is 1. The summed E-state index contributed by atoms with van der Waals surface area (Å²) in [6, 6.07) is 1.21. The van der Waals surface area contributed by atoms with E-state index < -0.39 is 5.82 Å². The van der Waals surface area contributed by atoms with Gasteiger partial charge in [0.15, 0.2) is 12.0 Å². The molecule has 0 N–H and O–H groups in total. The number of rotatable bonds is 0. The van der Waals surface area contributed by atoms with Gasteiger partial charge in [-0.05, 0) is 6.07 Å². The Morgan fingerprint density at radius 1 is 1.70 bits per heavy atom. The second-order valence-electron chi connectivity index (χ2n) is 1.57. The van der Waals surface area contributed by atoms with Crippen molar-refractivity contribution in [3.8, 4) is 0 Å². The monoisotopic (exact) mass is 200 g/mol. The van der Waals surface area contributed by atoms with Gasteiger partial charge in [-0.25, -0.2) is 4.39 Å². The summed E-state index contributed by atoms with van der Waals surface area (Å²) in [6.45, 7) is 6.57. The van der Waals surface area contributed by atoms with Gasteiger partial charge in [-0.15, -0.1) is 4.98 Å². The predicted molar refractivity (Wildman–Crippen MR) is 38.2 cm³/mol. The average Bonchev–Trinajstić information content (AvgIpc) is 1.88. The molecule has 0 amide bonds. The van der Waals surface area contributed by atoms with Gasteiger partial charge in [-0.1, -0.05) is 22.5 Å². The molecule has 4 heteroatoms. The molecule has 0 fully saturated rings. The van der Waals surface area contributed by atoms with Gasteiger partial charge >= 0.3 is 0 Å². The fourth-order valence-electron chi connectivity index (χ4n) is 0.490. The standard InChI is InChI=1S/C6H2BrFN2/c1-9-6-5(7)2-4(8)3-10-6/h2-3H. The van der Waals surface area contributed by atoms with Crippen LogP contribution in [0.4, 0.5) is 10.2 Å². The van der Waals surface area contributed by atoms with Crippen molar-refractivity contribution in [3.05, 3.63) is 34.0 Å². The largest absolute Gasteiger partial charge is 0.360 e. The molecule has 0 atom stereocenters. The molecule has 1 rings (SSSR count). The third-order valence-electron chi connectivity index (χ3n) is 0.894. The minimum atomic E-state index is -0.445. The van der Waals surface area contributed by atoms with Crippen LogP contribution in [0, 0.1) is 12.4 Å². The highest BCUT2D eigenvalue weighted by Gasteiger charge is 2.01. The highest BCUT2D eigenvalue weighted by Crippen LogP contribution is 2.22. The zero-order valence-electron chi connectivity index (χ0n) is 4.81.